The van der Waals surface area contributed by atoms with E-state index in [1.165, 1.54) is 0 Å². The Bertz CT molecular complexity index is 326. The molecule has 5 heteroatoms. The van der Waals surface area contributed by atoms with Gasteiger partial charge >= 0.3 is 0 Å². The summed E-state index contributed by atoms with van der Waals surface area (Å²) in [4.78, 5) is 10.6. The molecule has 1 aromatic heterocycles. The number of nitrogens with one attached hydrogen (secondary N) is 2. The highest BCUT2D eigenvalue weighted by atomic mass is 15.1. The zero-order valence-corrected chi connectivity index (χ0v) is 11.2. The molecule has 0 saturated carbocycles. The van der Waals surface area contributed by atoms with Gasteiger partial charge in [0.05, 0.1) is 0 Å². The molecule has 0 aliphatic rings. The summed E-state index contributed by atoms with van der Waals surface area (Å²) in [5, 5.41) is 6.29. The van der Waals surface area contributed by atoms with Crippen LogP contribution in [0.4, 0.5) is 11.6 Å². The summed E-state index contributed by atoms with van der Waals surface area (Å²) in [5.41, 5.74) is 0. The highest BCUT2D eigenvalue weighted by Gasteiger charge is 2.02. The summed E-state index contributed by atoms with van der Waals surface area (Å²) in [6, 6.07) is 2.51. The molecule has 1 rings (SSSR count). The molecule has 0 bridgehead atoms. The Morgan fingerprint density at radius 1 is 1.29 bits per heavy atom. The van der Waals surface area contributed by atoms with E-state index in [2.05, 4.69) is 46.4 Å². The molecular formula is C12H23N5. The SMILES string of the molecule is CNc1cc(NCCCN(C)C(C)C)ncn1. The van der Waals surface area contributed by atoms with Crippen LogP contribution in [0.1, 0.15) is 20.3 Å². The summed E-state index contributed by atoms with van der Waals surface area (Å²) in [5.74, 6) is 1.71. The summed E-state index contributed by atoms with van der Waals surface area (Å²) >= 11 is 0. The van der Waals surface area contributed by atoms with Crippen LogP contribution in [0.3, 0.4) is 0 Å². The maximum atomic E-state index is 4.16. The zero-order chi connectivity index (χ0) is 12.7. The van der Waals surface area contributed by atoms with Gasteiger partial charge in [0.25, 0.3) is 0 Å². The van der Waals surface area contributed by atoms with E-state index in [9.17, 15) is 0 Å². The molecule has 17 heavy (non-hydrogen) atoms. The fraction of sp³-hybridized carbons (Fsp3) is 0.667. The lowest BCUT2D eigenvalue weighted by Gasteiger charge is -2.20. The van der Waals surface area contributed by atoms with E-state index in [1.807, 2.05) is 13.1 Å². The van der Waals surface area contributed by atoms with Crippen molar-refractivity contribution in [1.29, 1.82) is 0 Å². The average molecular weight is 237 g/mol. The third-order valence-electron chi connectivity index (χ3n) is 2.80. The van der Waals surface area contributed by atoms with Gasteiger partial charge in [-0.15, -0.1) is 0 Å². The van der Waals surface area contributed by atoms with Crippen LogP contribution >= 0.6 is 0 Å². The smallest absolute Gasteiger partial charge is 0.131 e. The summed E-state index contributed by atoms with van der Waals surface area (Å²) in [6.07, 6.45) is 2.67. The lowest BCUT2D eigenvalue weighted by molar-refractivity contribution is 0.273. The minimum Gasteiger partial charge on any atom is -0.373 e. The van der Waals surface area contributed by atoms with E-state index in [-0.39, 0.29) is 0 Å². The van der Waals surface area contributed by atoms with Crippen LogP contribution in [0.15, 0.2) is 12.4 Å². The number of anilines is 2. The summed E-state index contributed by atoms with van der Waals surface area (Å²) < 4.78 is 0. The van der Waals surface area contributed by atoms with Crippen molar-refractivity contribution in [2.75, 3.05) is 37.8 Å². The Morgan fingerprint density at radius 2 is 2.00 bits per heavy atom. The van der Waals surface area contributed by atoms with Crippen LogP contribution < -0.4 is 10.6 Å². The van der Waals surface area contributed by atoms with Gasteiger partial charge in [0.15, 0.2) is 0 Å². The van der Waals surface area contributed by atoms with E-state index in [0.29, 0.717) is 6.04 Å². The van der Waals surface area contributed by atoms with Crippen molar-refractivity contribution in [2.24, 2.45) is 0 Å². The molecule has 96 valence electrons. The van der Waals surface area contributed by atoms with Gasteiger partial charge in [-0.05, 0) is 33.9 Å². The van der Waals surface area contributed by atoms with Crippen molar-refractivity contribution in [2.45, 2.75) is 26.3 Å². The Hall–Kier alpha value is -1.36. The third kappa shape index (κ3) is 4.99. The highest BCUT2D eigenvalue weighted by molar-refractivity contribution is 5.45. The van der Waals surface area contributed by atoms with Crippen LogP contribution in [0.25, 0.3) is 0 Å². The van der Waals surface area contributed by atoms with E-state index < -0.39 is 0 Å². The first-order valence-corrected chi connectivity index (χ1v) is 6.07. The maximum Gasteiger partial charge on any atom is 0.131 e. The van der Waals surface area contributed by atoms with Gasteiger partial charge in [0, 0.05) is 25.7 Å². The standard InChI is InChI=1S/C12H23N5/c1-10(2)17(4)7-5-6-14-12-8-11(13-3)15-9-16-12/h8-10H,5-7H2,1-4H3,(H2,13,14,15,16). The first-order valence-electron chi connectivity index (χ1n) is 6.07. The average Bonchev–Trinajstić information content (AvgIpc) is 2.34. The van der Waals surface area contributed by atoms with Crippen molar-refractivity contribution in [3.05, 3.63) is 12.4 Å². The first-order chi connectivity index (χ1) is 8.13. The molecule has 0 fully saturated rings. The van der Waals surface area contributed by atoms with E-state index in [4.69, 9.17) is 0 Å². The van der Waals surface area contributed by atoms with E-state index in [0.717, 1.165) is 31.1 Å². The number of aromatic nitrogens is 2. The third-order valence-corrected chi connectivity index (χ3v) is 2.80. The van der Waals surface area contributed by atoms with Crippen LogP contribution in [0.2, 0.25) is 0 Å². The number of rotatable bonds is 7. The molecule has 0 radical (unpaired) electrons. The molecule has 2 N–H and O–H groups in total. The van der Waals surface area contributed by atoms with Gasteiger partial charge in [-0.3, -0.25) is 0 Å². The van der Waals surface area contributed by atoms with Crippen molar-refractivity contribution < 1.29 is 0 Å². The second-order valence-electron chi connectivity index (χ2n) is 4.39. The molecule has 1 heterocycles. The van der Waals surface area contributed by atoms with Crippen LogP contribution in [0, 0.1) is 0 Å². The second kappa shape index (κ2) is 7.06. The van der Waals surface area contributed by atoms with Crippen molar-refractivity contribution in [1.82, 2.24) is 14.9 Å². The molecule has 0 atom stereocenters. The lowest BCUT2D eigenvalue weighted by atomic mass is 10.3. The molecule has 0 spiro atoms. The minimum atomic E-state index is 0.602. The molecule has 0 saturated heterocycles. The number of hydrogen-bond donors (Lipinski definition) is 2. The lowest BCUT2D eigenvalue weighted by Crippen LogP contribution is -2.28. The van der Waals surface area contributed by atoms with Crippen molar-refractivity contribution in [3.63, 3.8) is 0 Å². The molecule has 1 aromatic rings. The molecular weight excluding hydrogens is 214 g/mol. The monoisotopic (exact) mass is 237 g/mol. The highest BCUT2D eigenvalue weighted by Crippen LogP contribution is 2.07. The van der Waals surface area contributed by atoms with Crippen LogP contribution in [-0.4, -0.2) is 48.1 Å². The Labute approximate surface area is 104 Å². The van der Waals surface area contributed by atoms with E-state index >= 15 is 0 Å². The van der Waals surface area contributed by atoms with Crippen LogP contribution in [0.5, 0.6) is 0 Å². The normalized spacial score (nSPS) is 10.9. The molecule has 0 aliphatic carbocycles. The number of hydrogen-bond acceptors (Lipinski definition) is 5. The molecule has 5 nitrogen and oxygen atoms in total. The van der Waals surface area contributed by atoms with Gasteiger partial charge < -0.3 is 15.5 Å². The van der Waals surface area contributed by atoms with Crippen molar-refractivity contribution >= 4 is 11.6 Å². The fourth-order valence-electron chi connectivity index (χ4n) is 1.39. The Morgan fingerprint density at radius 3 is 2.65 bits per heavy atom. The maximum absolute atomic E-state index is 4.16. The van der Waals surface area contributed by atoms with E-state index in [1.54, 1.807) is 6.33 Å². The van der Waals surface area contributed by atoms with Crippen LogP contribution in [-0.2, 0) is 0 Å². The first kappa shape index (κ1) is 13.7. The summed E-state index contributed by atoms with van der Waals surface area (Å²) in [6.45, 7) is 6.43. The largest absolute Gasteiger partial charge is 0.373 e. The van der Waals surface area contributed by atoms with Crippen molar-refractivity contribution in [3.8, 4) is 0 Å². The molecule has 0 aromatic carbocycles. The molecule has 0 aliphatic heterocycles. The molecule has 0 unspecified atom stereocenters. The minimum absolute atomic E-state index is 0.602. The second-order valence-corrected chi connectivity index (χ2v) is 4.39. The Balaban J connectivity index is 2.26. The predicted octanol–water partition coefficient (Wildman–Crippen LogP) is 1.66. The predicted molar refractivity (Wildman–Crippen MR) is 72.5 cm³/mol. The topological polar surface area (TPSA) is 53.1 Å². The zero-order valence-electron chi connectivity index (χ0n) is 11.2. The fourth-order valence-corrected chi connectivity index (χ4v) is 1.39. The van der Waals surface area contributed by atoms with Gasteiger partial charge in [0.1, 0.15) is 18.0 Å². The van der Waals surface area contributed by atoms with Gasteiger partial charge in [-0.1, -0.05) is 0 Å². The number of nitrogens with zero attached hydrogens (tertiary/aromatic N) is 3. The van der Waals surface area contributed by atoms with Gasteiger partial charge in [-0.25, -0.2) is 9.97 Å². The van der Waals surface area contributed by atoms with Gasteiger partial charge in [0.2, 0.25) is 0 Å². The molecule has 0 amide bonds. The van der Waals surface area contributed by atoms with Gasteiger partial charge in [-0.2, -0.15) is 0 Å². The summed E-state index contributed by atoms with van der Waals surface area (Å²) in [7, 11) is 4.00. The quantitative estimate of drug-likeness (QED) is 0.706. The Kier molecular flexibility index (Phi) is 5.69.